The molecule has 0 aromatic carbocycles. The largest absolute Gasteiger partial charge is 0.478 e. The van der Waals surface area contributed by atoms with Crippen molar-refractivity contribution in [3.63, 3.8) is 0 Å². The van der Waals surface area contributed by atoms with Crippen LogP contribution in [0, 0.1) is 0 Å². The third kappa shape index (κ3) is 3.01. The number of nitrogens with one attached hydrogen (secondary N) is 1. The molecular formula is C9H11NO4S3. The smallest absolute Gasteiger partial charge is 0.336 e. The molecule has 1 aromatic heterocycles. The van der Waals surface area contributed by atoms with Crippen molar-refractivity contribution in [3.05, 3.63) is 17.0 Å². The van der Waals surface area contributed by atoms with E-state index in [0.29, 0.717) is 0 Å². The van der Waals surface area contributed by atoms with Crippen molar-refractivity contribution in [1.82, 2.24) is 4.72 Å². The van der Waals surface area contributed by atoms with Crippen molar-refractivity contribution in [2.24, 2.45) is 0 Å². The van der Waals surface area contributed by atoms with E-state index >= 15 is 0 Å². The van der Waals surface area contributed by atoms with E-state index in [4.69, 9.17) is 5.11 Å². The normalized spacial score (nSPS) is 20.6. The van der Waals surface area contributed by atoms with Crippen LogP contribution in [0.2, 0.25) is 0 Å². The molecule has 1 saturated heterocycles. The number of hydrogen-bond donors (Lipinski definition) is 2. The first kappa shape index (κ1) is 12.9. The molecule has 1 aliphatic heterocycles. The maximum absolute atomic E-state index is 11.9. The molecule has 1 atom stereocenters. The van der Waals surface area contributed by atoms with Crippen molar-refractivity contribution in [1.29, 1.82) is 0 Å². The molecule has 1 fully saturated rings. The Morgan fingerprint density at radius 2 is 2.29 bits per heavy atom. The molecule has 17 heavy (non-hydrogen) atoms. The van der Waals surface area contributed by atoms with Crippen molar-refractivity contribution in [2.45, 2.75) is 16.7 Å². The van der Waals surface area contributed by atoms with E-state index in [2.05, 4.69) is 4.72 Å². The van der Waals surface area contributed by atoms with Gasteiger partial charge in [-0.3, -0.25) is 0 Å². The summed E-state index contributed by atoms with van der Waals surface area (Å²) in [6.45, 7) is 0. The predicted molar refractivity (Wildman–Crippen MR) is 67.3 cm³/mol. The van der Waals surface area contributed by atoms with Gasteiger partial charge in [-0.25, -0.2) is 17.9 Å². The van der Waals surface area contributed by atoms with Crippen molar-refractivity contribution >= 4 is 39.1 Å². The van der Waals surface area contributed by atoms with Crippen molar-refractivity contribution in [3.8, 4) is 0 Å². The molecule has 0 bridgehead atoms. The summed E-state index contributed by atoms with van der Waals surface area (Å²) in [6.07, 6.45) is 0.820. The van der Waals surface area contributed by atoms with Gasteiger partial charge < -0.3 is 5.11 Å². The Morgan fingerprint density at radius 3 is 2.82 bits per heavy atom. The number of aromatic carboxylic acids is 1. The zero-order valence-corrected chi connectivity index (χ0v) is 11.2. The van der Waals surface area contributed by atoms with E-state index in [1.165, 1.54) is 11.4 Å². The highest BCUT2D eigenvalue weighted by Crippen LogP contribution is 2.23. The van der Waals surface area contributed by atoms with Gasteiger partial charge in [0.15, 0.2) is 0 Å². The van der Waals surface area contributed by atoms with E-state index in [0.717, 1.165) is 29.3 Å². The van der Waals surface area contributed by atoms with Gasteiger partial charge in [0.25, 0.3) is 0 Å². The lowest BCUT2D eigenvalue weighted by molar-refractivity contribution is 0.0697. The SMILES string of the molecule is O=C(O)c1csc(S(=O)(=O)NC2CCSC2)c1. The van der Waals surface area contributed by atoms with E-state index < -0.39 is 16.0 Å². The van der Waals surface area contributed by atoms with Gasteiger partial charge in [-0.2, -0.15) is 11.8 Å². The van der Waals surface area contributed by atoms with Crippen LogP contribution in [-0.2, 0) is 10.0 Å². The molecule has 2 N–H and O–H groups in total. The second kappa shape index (κ2) is 4.97. The number of rotatable bonds is 4. The number of thioether (sulfide) groups is 1. The molecule has 2 rings (SSSR count). The lowest BCUT2D eigenvalue weighted by atomic mass is 10.3. The maximum atomic E-state index is 11.9. The van der Waals surface area contributed by atoms with Crippen LogP contribution in [-0.4, -0.2) is 37.0 Å². The van der Waals surface area contributed by atoms with Crippen LogP contribution in [0.25, 0.3) is 0 Å². The Labute approximate surface area is 107 Å². The third-order valence-corrected chi connectivity index (χ3v) is 6.46. The Morgan fingerprint density at radius 1 is 1.53 bits per heavy atom. The summed E-state index contributed by atoms with van der Waals surface area (Å²) in [5.74, 6) is 0.619. The minimum Gasteiger partial charge on any atom is -0.478 e. The highest BCUT2D eigenvalue weighted by atomic mass is 32.2. The molecule has 0 amide bonds. The molecule has 2 heterocycles. The van der Waals surface area contributed by atoms with Gasteiger partial charge in [0.1, 0.15) is 4.21 Å². The van der Waals surface area contributed by atoms with E-state index in [-0.39, 0.29) is 15.8 Å². The van der Waals surface area contributed by atoms with Crippen molar-refractivity contribution < 1.29 is 18.3 Å². The molecule has 1 aliphatic rings. The van der Waals surface area contributed by atoms with Crippen LogP contribution in [0.15, 0.2) is 15.7 Å². The summed E-state index contributed by atoms with van der Waals surface area (Å²) < 4.78 is 26.5. The maximum Gasteiger partial charge on any atom is 0.336 e. The van der Waals surface area contributed by atoms with E-state index in [1.54, 1.807) is 11.8 Å². The third-order valence-electron chi connectivity index (χ3n) is 2.34. The topological polar surface area (TPSA) is 83.5 Å². The van der Waals surface area contributed by atoms with E-state index in [1.807, 2.05) is 0 Å². The first-order chi connectivity index (χ1) is 7.99. The Hall–Kier alpha value is -0.570. The zero-order valence-electron chi connectivity index (χ0n) is 8.75. The lowest BCUT2D eigenvalue weighted by Crippen LogP contribution is -2.34. The first-order valence-electron chi connectivity index (χ1n) is 4.91. The average molecular weight is 293 g/mol. The predicted octanol–water partition coefficient (Wildman–Crippen LogP) is 1.23. The Bertz CT molecular complexity index is 516. The van der Waals surface area contributed by atoms with Gasteiger partial charge in [-0.1, -0.05) is 0 Å². The summed E-state index contributed by atoms with van der Waals surface area (Å²) in [6, 6.07) is 1.15. The van der Waals surface area contributed by atoms with Gasteiger partial charge in [0, 0.05) is 17.2 Å². The number of carboxylic acids is 1. The van der Waals surface area contributed by atoms with Crippen LogP contribution in [0.1, 0.15) is 16.8 Å². The van der Waals surface area contributed by atoms with Gasteiger partial charge in [-0.15, -0.1) is 11.3 Å². The van der Waals surface area contributed by atoms with Gasteiger partial charge in [0.2, 0.25) is 10.0 Å². The number of carbonyl (C=O) groups is 1. The van der Waals surface area contributed by atoms with Crippen LogP contribution in [0.5, 0.6) is 0 Å². The Balaban J connectivity index is 2.15. The summed E-state index contributed by atoms with van der Waals surface area (Å²) >= 11 is 2.64. The second-order valence-corrected chi connectivity index (χ2v) is 7.64. The number of thiophene rings is 1. The van der Waals surface area contributed by atoms with Crippen LogP contribution < -0.4 is 4.72 Å². The molecule has 8 heteroatoms. The highest BCUT2D eigenvalue weighted by Gasteiger charge is 2.25. The summed E-state index contributed by atoms with van der Waals surface area (Å²) in [5, 5.41) is 10.1. The zero-order chi connectivity index (χ0) is 12.5. The monoisotopic (exact) mass is 293 g/mol. The van der Waals surface area contributed by atoms with Gasteiger partial charge >= 0.3 is 5.97 Å². The van der Waals surface area contributed by atoms with Crippen LogP contribution in [0.4, 0.5) is 0 Å². The molecule has 1 aromatic rings. The minimum atomic E-state index is -3.56. The molecule has 1 unspecified atom stereocenters. The van der Waals surface area contributed by atoms with Crippen LogP contribution >= 0.6 is 23.1 Å². The fourth-order valence-electron chi connectivity index (χ4n) is 1.47. The number of carboxylic acid groups (broad SMARTS) is 1. The summed E-state index contributed by atoms with van der Waals surface area (Å²) in [5.41, 5.74) is 0.0103. The summed E-state index contributed by atoms with van der Waals surface area (Å²) in [4.78, 5) is 10.7. The quantitative estimate of drug-likeness (QED) is 0.872. The molecule has 94 valence electrons. The fourth-order valence-corrected chi connectivity index (χ4v) is 5.17. The average Bonchev–Trinajstić information content (AvgIpc) is 2.84. The summed E-state index contributed by atoms with van der Waals surface area (Å²) in [7, 11) is -3.56. The number of sulfonamides is 1. The lowest BCUT2D eigenvalue weighted by Gasteiger charge is -2.09. The van der Waals surface area contributed by atoms with E-state index in [9.17, 15) is 13.2 Å². The Kier molecular flexibility index (Phi) is 3.76. The highest BCUT2D eigenvalue weighted by molar-refractivity contribution is 7.99. The first-order valence-corrected chi connectivity index (χ1v) is 8.43. The minimum absolute atomic E-state index is 0.0103. The second-order valence-electron chi connectivity index (χ2n) is 3.64. The molecule has 0 aliphatic carbocycles. The van der Waals surface area contributed by atoms with Gasteiger partial charge in [-0.05, 0) is 18.2 Å². The molecule has 0 saturated carbocycles. The molecular weight excluding hydrogens is 282 g/mol. The number of hydrogen-bond acceptors (Lipinski definition) is 5. The molecule has 5 nitrogen and oxygen atoms in total. The van der Waals surface area contributed by atoms with Crippen molar-refractivity contribution in [2.75, 3.05) is 11.5 Å². The fraction of sp³-hybridized carbons (Fsp3) is 0.444. The molecule has 0 spiro atoms. The standard InChI is InChI=1S/C9H11NO4S3/c11-9(12)6-3-8(16-4-6)17(13,14)10-7-1-2-15-5-7/h3-4,7,10H,1-2,5H2,(H,11,12). The van der Waals surface area contributed by atoms with Crippen LogP contribution in [0.3, 0.4) is 0 Å². The molecule has 0 radical (unpaired) electrons. The van der Waals surface area contributed by atoms with Gasteiger partial charge in [0.05, 0.1) is 5.56 Å².